The zero-order valence-corrected chi connectivity index (χ0v) is 10.0. The smallest absolute Gasteiger partial charge is 0.332 e. The monoisotopic (exact) mass is 277 g/mol. The second-order valence-corrected chi connectivity index (χ2v) is 5.21. The summed E-state index contributed by atoms with van der Waals surface area (Å²) >= 11 is 0. The molecule has 0 unspecified atom stereocenters. The third kappa shape index (κ3) is 3.76. The normalized spacial score (nSPS) is 13.2. The first-order valence-electron chi connectivity index (χ1n) is 4.99. The summed E-state index contributed by atoms with van der Waals surface area (Å²) in [7, 11) is -4.04. The molecule has 1 rings (SSSR count). The zero-order valence-electron chi connectivity index (χ0n) is 9.21. The quantitative estimate of drug-likeness (QED) is 0.676. The molecule has 0 heterocycles. The molecule has 3 N–H and O–H groups in total. The molecule has 8 heteroatoms. The number of carbonyl (C=O) groups is 1. The summed E-state index contributed by atoms with van der Waals surface area (Å²) in [4.78, 5) is 9.77. The Bertz CT molecular complexity index is 531. The van der Waals surface area contributed by atoms with E-state index in [2.05, 4.69) is 0 Å². The van der Waals surface area contributed by atoms with Crippen molar-refractivity contribution in [1.82, 2.24) is 4.72 Å². The fourth-order valence-corrected chi connectivity index (χ4v) is 2.32. The molecule has 0 aliphatic rings. The molecule has 0 saturated heterocycles. The van der Waals surface area contributed by atoms with E-state index >= 15 is 0 Å². The Labute approximate surface area is 103 Å². The highest BCUT2D eigenvalue weighted by Gasteiger charge is 2.19. The summed E-state index contributed by atoms with van der Waals surface area (Å²) in [5.74, 6) is -2.34. The highest BCUT2D eigenvalue weighted by Crippen LogP contribution is 2.12. The minimum absolute atomic E-state index is 0.301. The third-order valence-electron chi connectivity index (χ3n) is 2.12. The van der Waals surface area contributed by atoms with Crippen LogP contribution >= 0.6 is 0 Å². The fourth-order valence-electron chi connectivity index (χ4n) is 1.19. The van der Waals surface area contributed by atoms with Crippen molar-refractivity contribution in [2.45, 2.75) is 17.4 Å². The maximum atomic E-state index is 13.2. The molecule has 0 aliphatic carbocycles. The van der Waals surface area contributed by atoms with Crippen molar-refractivity contribution >= 4 is 16.0 Å². The average molecular weight is 277 g/mol. The van der Waals surface area contributed by atoms with Gasteiger partial charge in [0.1, 0.15) is 10.7 Å². The van der Waals surface area contributed by atoms with Crippen LogP contribution in [0.25, 0.3) is 0 Å². The Hall–Kier alpha value is -1.51. The number of carboxylic acids is 1. The molecule has 0 bridgehead atoms. The van der Waals surface area contributed by atoms with Crippen molar-refractivity contribution in [2.75, 3.05) is 6.54 Å². The van der Waals surface area contributed by atoms with Crippen LogP contribution in [0.2, 0.25) is 0 Å². The Morgan fingerprint density at radius 1 is 1.39 bits per heavy atom. The minimum Gasteiger partial charge on any atom is -0.479 e. The van der Waals surface area contributed by atoms with E-state index in [0.717, 1.165) is 12.1 Å². The highest BCUT2D eigenvalue weighted by molar-refractivity contribution is 7.89. The SMILES string of the molecule is O=C(O)[C@@H](O)CCNS(=O)(=O)c1ccccc1F. The van der Waals surface area contributed by atoms with Crippen molar-refractivity contribution < 1.29 is 27.8 Å². The van der Waals surface area contributed by atoms with Crippen LogP contribution in [0, 0.1) is 5.82 Å². The van der Waals surface area contributed by atoms with E-state index in [9.17, 15) is 17.6 Å². The fraction of sp³-hybridized carbons (Fsp3) is 0.300. The molecule has 0 saturated carbocycles. The van der Waals surface area contributed by atoms with Gasteiger partial charge in [0.2, 0.25) is 10.0 Å². The number of benzene rings is 1. The van der Waals surface area contributed by atoms with Crippen LogP contribution in [0.1, 0.15) is 6.42 Å². The Morgan fingerprint density at radius 2 is 2.00 bits per heavy atom. The van der Waals surface area contributed by atoms with Gasteiger partial charge in [0, 0.05) is 6.54 Å². The van der Waals surface area contributed by atoms with Gasteiger partial charge in [0.25, 0.3) is 0 Å². The van der Waals surface area contributed by atoms with Crippen molar-refractivity contribution in [3.63, 3.8) is 0 Å². The number of nitrogens with one attached hydrogen (secondary N) is 1. The van der Waals surface area contributed by atoms with Gasteiger partial charge in [-0.05, 0) is 18.6 Å². The van der Waals surface area contributed by atoms with Crippen LogP contribution in [0.15, 0.2) is 29.2 Å². The van der Waals surface area contributed by atoms with E-state index in [-0.39, 0.29) is 13.0 Å². The van der Waals surface area contributed by atoms with Gasteiger partial charge in [-0.2, -0.15) is 0 Å². The number of carboxylic acid groups (broad SMARTS) is 1. The molecule has 18 heavy (non-hydrogen) atoms. The van der Waals surface area contributed by atoms with E-state index in [1.54, 1.807) is 0 Å². The van der Waals surface area contributed by atoms with E-state index in [1.165, 1.54) is 12.1 Å². The molecule has 100 valence electrons. The Balaban J connectivity index is 2.67. The molecule has 0 fully saturated rings. The van der Waals surface area contributed by atoms with Gasteiger partial charge in [-0.3, -0.25) is 0 Å². The molecule has 0 amide bonds. The van der Waals surface area contributed by atoms with Crippen LogP contribution in [-0.2, 0) is 14.8 Å². The molecule has 0 spiro atoms. The highest BCUT2D eigenvalue weighted by atomic mass is 32.2. The molecular formula is C10H12FNO5S. The maximum absolute atomic E-state index is 13.2. The number of aliphatic hydroxyl groups is 1. The molecule has 1 aromatic carbocycles. The molecule has 6 nitrogen and oxygen atoms in total. The van der Waals surface area contributed by atoms with Crippen molar-refractivity contribution in [3.8, 4) is 0 Å². The average Bonchev–Trinajstić information content (AvgIpc) is 2.28. The summed E-state index contributed by atoms with van der Waals surface area (Å²) in [6, 6.07) is 4.80. The van der Waals surface area contributed by atoms with Crippen LogP contribution in [-0.4, -0.2) is 37.2 Å². The van der Waals surface area contributed by atoms with Crippen LogP contribution in [0.3, 0.4) is 0 Å². The van der Waals surface area contributed by atoms with Crippen LogP contribution in [0.4, 0.5) is 4.39 Å². The second-order valence-electron chi connectivity index (χ2n) is 3.47. The van der Waals surface area contributed by atoms with Gasteiger partial charge in [0.15, 0.2) is 6.10 Å². The number of hydrogen-bond acceptors (Lipinski definition) is 4. The lowest BCUT2D eigenvalue weighted by atomic mass is 10.3. The van der Waals surface area contributed by atoms with Gasteiger partial charge in [-0.15, -0.1) is 0 Å². The van der Waals surface area contributed by atoms with Gasteiger partial charge in [-0.25, -0.2) is 22.3 Å². The first-order valence-corrected chi connectivity index (χ1v) is 6.48. The van der Waals surface area contributed by atoms with E-state index in [4.69, 9.17) is 10.2 Å². The Morgan fingerprint density at radius 3 is 2.56 bits per heavy atom. The second kappa shape index (κ2) is 5.89. The number of halogens is 1. The number of hydrogen-bond donors (Lipinski definition) is 3. The first-order chi connectivity index (χ1) is 8.34. The van der Waals surface area contributed by atoms with Gasteiger partial charge >= 0.3 is 5.97 Å². The Kier molecular flexibility index (Phi) is 4.76. The van der Waals surface area contributed by atoms with E-state index in [1.807, 2.05) is 4.72 Å². The largest absolute Gasteiger partial charge is 0.479 e. The van der Waals surface area contributed by atoms with E-state index in [0.29, 0.717) is 0 Å². The van der Waals surface area contributed by atoms with E-state index < -0.39 is 32.8 Å². The molecule has 0 aromatic heterocycles. The first kappa shape index (κ1) is 14.6. The maximum Gasteiger partial charge on any atom is 0.332 e. The van der Waals surface area contributed by atoms with Crippen LogP contribution in [0.5, 0.6) is 0 Å². The lowest BCUT2D eigenvalue weighted by Crippen LogP contribution is -2.30. The molecule has 1 aromatic rings. The topological polar surface area (TPSA) is 104 Å². The summed E-state index contributed by atoms with van der Waals surface area (Å²) in [6.07, 6.45) is -1.96. The lowest BCUT2D eigenvalue weighted by Gasteiger charge is -2.08. The van der Waals surface area contributed by atoms with Crippen LogP contribution < -0.4 is 4.72 Å². The molecular weight excluding hydrogens is 265 g/mol. The predicted octanol–water partition coefficient (Wildman–Crippen LogP) is -0.0604. The summed E-state index contributed by atoms with van der Waals surface area (Å²) in [5, 5.41) is 17.3. The van der Waals surface area contributed by atoms with Crippen molar-refractivity contribution in [2.24, 2.45) is 0 Å². The lowest BCUT2D eigenvalue weighted by molar-refractivity contribution is -0.146. The number of aliphatic hydroxyl groups excluding tert-OH is 1. The van der Waals surface area contributed by atoms with Gasteiger partial charge < -0.3 is 10.2 Å². The number of aliphatic carboxylic acids is 1. The molecule has 1 atom stereocenters. The van der Waals surface area contributed by atoms with Gasteiger partial charge in [-0.1, -0.05) is 12.1 Å². The van der Waals surface area contributed by atoms with Gasteiger partial charge in [0.05, 0.1) is 0 Å². The minimum atomic E-state index is -4.04. The third-order valence-corrected chi connectivity index (χ3v) is 3.62. The zero-order chi connectivity index (χ0) is 13.8. The van der Waals surface area contributed by atoms with Crippen molar-refractivity contribution in [1.29, 1.82) is 0 Å². The number of rotatable bonds is 6. The van der Waals surface area contributed by atoms with Crippen molar-refractivity contribution in [3.05, 3.63) is 30.1 Å². The summed E-state index contributed by atoms with van der Waals surface area (Å²) in [5.41, 5.74) is 0. The predicted molar refractivity (Wildman–Crippen MR) is 59.8 cm³/mol. The number of sulfonamides is 1. The molecule has 0 radical (unpaired) electrons. The summed E-state index contributed by atoms with van der Waals surface area (Å²) < 4.78 is 38.5. The molecule has 0 aliphatic heterocycles. The standard InChI is InChI=1S/C10H12FNO5S/c11-7-3-1-2-4-9(7)18(16,17)12-6-5-8(13)10(14)15/h1-4,8,12-13H,5-6H2,(H,14,15)/t8-/m0/s1. The summed E-state index contributed by atoms with van der Waals surface area (Å²) in [6.45, 7) is -0.301.